The van der Waals surface area contributed by atoms with Crippen LogP contribution >= 0.6 is 33.2 Å². The lowest BCUT2D eigenvalue weighted by molar-refractivity contribution is 1.34. The molecule has 3 rings (SSSR count). The van der Waals surface area contributed by atoms with Crippen molar-refractivity contribution in [3.63, 3.8) is 0 Å². The third-order valence-corrected chi connectivity index (χ3v) is 7.26. The Kier molecular flexibility index (Phi) is 3.17. The Morgan fingerprint density at radius 3 is 1.58 bits per heavy atom. The summed E-state index contributed by atoms with van der Waals surface area (Å²) in [7, 11) is -1.23. The third kappa shape index (κ3) is 2.01. The maximum absolute atomic E-state index is 6.46. The molecule has 0 nitrogen and oxygen atoms in total. The summed E-state index contributed by atoms with van der Waals surface area (Å²) in [6.07, 6.45) is 8.79. The largest absolute Gasteiger partial charge is 0.190 e. The van der Waals surface area contributed by atoms with Crippen LogP contribution in [0.5, 0.6) is 0 Å². The summed E-state index contributed by atoms with van der Waals surface area (Å²) in [5.74, 6) is 0. The number of benzene rings is 2. The van der Waals surface area contributed by atoms with Crippen LogP contribution in [-0.4, -0.2) is 12.5 Å². The molecule has 1 aliphatic rings. The zero-order chi connectivity index (χ0) is 13.6. The molecule has 1 aliphatic heterocycles. The summed E-state index contributed by atoms with van der Waals surface area (Å²) in [5, 5.41) is 1.66. The lowest BCUT2D eigenvalue weighted by Gasteiger charge is -2.35. The topological polar surface area (TPSA) is 0 Å². The summed E-state index contributed by atoms with van der Waals surface area (Å²) >= 11 is 12.9. The second kappa shape index (κ2) is 4.59. The van der Waals surface area contributed by atoms with Gasteiger partial charge in [-0.05, 0) is 35.8 Å². The molecule has 3 heteroatoms. The van der Waals surface area contributed by atoms with Crippen LogP contribution in [0.3, 0.4) is 0 Å². The van der Waals surface area contributed by atoms with E-state index >= 15 is 0 Å². The van der Waals surface area contributed by atoms with E-state index in [1.807, 2.05) is 24.3 Å². The minimum absolute atomic E-state index is 0.829. The Balaban J connectivity index is 2.41. The van der Waals surface area contributed by atoms with Crippen molar-refractivity contribution >= 4 is 45.4 Å². The lowest BCUT2D eigenvalue weighted by atomic mass is 10.1. The fourth-order valence-corrected chi connectivity index (χ4v) is 6.96. The second-order valence-corrected chi connectivity index (χ2v) is 9.26. The molecule has 0 amide bonds. The standard InChI is InChI=1S/C16H14Cl2S/c1-19(2)15-11(5-3-7-13(15)17)9-10-12-6-4-8-14(18)16(12)19/h3-10H,1-2H3. The highest BCUT2D eigenvalue weighted by molar-refractivity contribution is 8.33. The van der Waals surface area contributed by atoms with Crippen molar-refractivity contribution in [1.82, 2.24) is 0 Å². The number of rotatable bonds is 0. The predicted molar refractivity (Wildman–Crippen MR) is 87.8 cm³/mol. The minimum atomic E-state index is -1.23. The van der Waals surface area contributed by atoms with Gasteiger partial charge in [0.05, 0.1) is 10.0 Å². The van der Waals surface area contributed by atoms with Gasteiger partial charge in [0.2, 0.25) is 0 Å². The molecule has 19 heavy (non-hydrogen) atoms. The first-order valence-electron chi connectivity index (χ1n) is 6.00. The smallest absolute Gasteiger partial charge is 0.0536 e. The van der Waals surface area contributed by atoms with Gasteiger partial charge < -0.3 is 0 Å². The van der Waals surface area contributed by atoms with Gasteiger partial charge in [0.1, 0.15) is 0 Å². The molecule has 98 valence electrons. The predicted octanol–water partition coefficient (Wildman–Crippen LogP) is 5.96. The van der Waals surface area contributed by atoms with Gasteiger partial charge in [-0.15, -0.1) is 0 Å². The first kappa shape index (κ1) is 13.1. The van der Waals surface area contributed by atoms with Crippen LogP contribution in [0.2, 0.25) is 10.0 Å². The summed E-state index contributed by atoms with van der Waals surface area (Å²) in [5.41, 5.74) is 2.39. The number of halogens is 2. The number of hydrogen-bond acceptors (Lipinski definition) is 0. The molecule has 2 aromatic rings. The van der Waals surface area contributed by atoms with Gasteiger partial charge in [-0.25, -0.2) is 0 Å². The van der Waals surface area contributed by atoms with Crippen molar-refractivity contribution < 1.29 is 0 Å². The maximum Gasteiger partial charge on any atom is 0.0536 e. The molecular weight excluding hydrogens is 295 g/mol. The zero-order valence-electron chi connectivity index (χ0n) is 10.8. The highest BCUT2D eigenvalue weighted by Gasteiger charge is 2.28. The SMILES string of the molecule is CS1(C)c2c(Cl)cccc2C=Cc2cccc(Cl)c21. The molecule has 0 saturated heterocycles. The van der Waals surface area contributed by atoms with Crippen molar-refractivity contribution in [3.05, 3.63) is 57.6 Å². The molecule has 0 N–H and O–H groups in total. The fraction of sp³-hybridized carbons (Fsp3) is 0.125. The third-order valence-electron chi connectivity index (χ3n) is 3.46. The van der Waals surface area contributed by atoms with E-state index < -0.39 is 10.0 Å². The average molecular weight is 309 g/mol. The highest BCUT2D eigenvalue weighted by Crippen LogP contribution is 2.64. The van der Waals surface area contributed by atoms with E-state index in [0.717, 1.165) is 10.0 Å². The van der Waals surface area contributed by atoms with Gasteiger partial charge >= 0.3 is 0 Å². The Bertz CT molecular complexity index is 630. The monoisotopic (exact) mass is 308 g/mol. The molecule has 0 aromatic heterocycles. The normalized spacial score (nSPS) is 17.3. The molecule has 0 aliphatic carbocycles. The molecule has 1 heterocycles. The Labute approximate surface area is 125 Å². The average Bonchev–Trinajstić information content (AvgIpc) is 2.46. The van der Waals surface area contributed by atoms with Gasteiger partial charge in [-0.3, -0.25) is 0 Å². The van der Waals surface area contributed by atoms with Crippen LogP contribution < -0.4 is 0 Å². The van der Waals surface area contributed by atoms with Crippen molar-refractivity contribution in [1.29, 1.82) is 0 Å². The van der Waals surface area contributed by atoms with E-state index in [1.165, 1.54) is 20.9 Å². The minimum Gasteiger partial charge on any atom is -0.190 e. The van der Waals surface area contributed by atoms with Crippen molar-refractivity contribution in [2.75, 3.05) is 12.5 Å². The van der Waals surface area contributed by atoms with E-state index in [0.29, 0.717) is 0 Å². The number of hydrogen-bond donors (Lipinski definition) is 0. The number of fused-ring (bicyclic) bond motifs is 2. The lowest BCUT2D eigenvalue weighted by Crippen LogP contribution is -2.02. The van der Waals surface area contributed by atoms with Gasteiger partial charge in [0.25, 0.3) is 0 Å². The van der Waals surface area contributed by atoms with E-state index in [1.54, 1.807) is 0 Å². The van der Waals surface area contributed by atoms with Crippen LogP contribution in [0.4, 0.5) is 0 Å². The molecule has 0 atom stereocenters. The molecular formula is C16H14Cl2S. The molecule has 0 saturated carbocycles. The first-order valence-corrected chi connectivity index (χ1v) is 9.21. The Morgan fingerprint density at radius 1 is 0.737 bits per heavy atom. The van der Waals surface area contributed by atoms with Gasteiger partial charge in [-0.1, -0.05) is 59.6 Å². The molecule has 0 radical (unpaired) electrons. The second-order valence-electron chi connectivity index (χ2n) is 4.98. The van der Waals surface area contributed by atoms with E-state index in [2.05, 4.69) is 36.8 Å². The van der Waals surface area contributed by atoms with Crippen LogP contribution in [0.15, 0.2) is 46.2 Å². The molecule has 2 aromatic carbocycles. The van der Waals surface area contributed by atoms with Gasteiger partial charge in [0, 0.05) is 9.79 Å². The van der Waals surface area contributed by atoms with E-state index in [-0.39, 0.29) is 0 Å². The van der Waals surface area contributed by atoms with Gasteiger partial charge in [0.15, 0.2) is 0 Å². The zero-order valence-corrected chi connectivity index (χ0v) is 13.1. The van der Waals surface area contributed by atoms with Gasteiger partial charge in [-0.2, -0.15) is 10.0 Å². The van der Waals surface area contributed by atoms with Crippen LogP contribution in [0.25, 0.3) is 12.2 Å². The van der Waals surface area contributed by atoms with Crippen LogP contribution in [-0.2, 0) is 0 Å². The Hall–Kier alpha value is -0.890. The Morgan fingerprint density at radius 2 is 1.16 bits per heavy atom. The fourth-order valence-electron chi connectivity index (χ4n) is 2.67. The molecule has 0 spiro atoms. The van der Waals surface area contributed by atoms with Crippen molar-refractivity contribution in [2.24, 2.45) is 0 Å². The first-order chi connectivity index (χ1) is 9.01. The van der Waals surface area contributed by atoms with Crippen molar-refractivity contribution in [3.8, 4) is 0 Å². The highest BCUT2D eigenvalue weighted by atomic mass is 35.5. The molecule has 0 bridgehead atoms. The molecule has 0 unspecified atom stereocenters. The molecule has 0 fully saturated rings. The van der Waals surface area contributed by atoms with E-state index in [9.17, 15) is 0 Å². The summed E-state index contributed by atoms with van der Waals surface area (Å²) in [6.45, 7) is 0. The van der Waals surface area contributed by atoms with E-state index in [4.69, 9.17) is 23.2 Å². The van der Waals surface area contributed by atoms with Crippen molar-refractivity contribution in [2.45, 2.75) is 9.79 Å². The summed E-state index contributed by atoms with van der Waals surface area (Å²) in [6, 6.07) is 12.2. The van der Waals surface area contributed by atoms with Crippen LogP contribution in [0.1, 0.15) is 11.1 Å². The van der Waals surface area contributed by atoms with Crippen LogP contribution in [0, 0.1) is 0 Å². The summed E-state index contributed by atoms with van der Waals surface area (Å²) < 4.78 is 0. The quantitative estimate of drug-likeness (QED) is 0.563. The summed E-state index contributed by atoms with van der Waals surface area (Å²) in [4.78, 5) is 2.44. The maximum atomic E-state index is 6.46.